The van der Waals surface area contributed by atoms with Gasteiger partial charge in [-0.1, -0.05) is 35.9 Å². The first-order valence-corrected chi connectivity index (χ1v) is 10.5. The second-order valence-corrected chi connectivity index (χ2v) is 7.91. The van der Waals surface area contributed by atoms with Crippen molar-refractivity contribution in [2.24, 2.45) is 0 Å². The highest BCUT2D eigenvalue weighted by Crippen LogP contribution is 2.25. The summed E-state index contributed by atoms with van der Waals surface area (Å²) in [6.07, 6.45) is 4.09. The van der Waals surface area contributed by atoms with Crippen LogP contribution >= 0.6 is 0 Å². The number of aliphatic hydroxyl groups excluding tert-OH is 1. The van der Waals surface area contributed by atoms with E-state index in [0.29, 0.717) is 25.5 Å². The first kappa shape index (κ1) is 21.0. The van der Waals surface area contributed by atoms with Crippen LogP contribution in [0.2, 0.25) is 0 Å². The van der Waals surface area contributed by atoms with Crippen LogP contribution in [0, 0.1) is 13.8 Å². The standard InChI is InChI=1S/C25H28N4O2/c1-17-7-8-24-20(9-17)10-21(12-27-23(14-30)11-22-13-26-16-28-22)25(29-24)31-15-19-6-4-3-5-18(19)2/h3-10,13,16,23,27,30H,11-12,14-15H2,1-2H3,(H,26,28)/t23-/m0/s1. The molecule has 2 aromatic carbocycles. The summed E-state index contributed by atoms with van der Waals surface area (Å²) in [7, 11) is 0. The molecule has 0 unspecified atom stereocenters. The number of fused-ring (bicyclic) bond motifs is 1. The number of nitrogens with one attached hydrogen (secondary N) is 2. The van der Waals surface area contributed by atoms with Gasteiger partial charge in [0.15, 0.2) is 0 Å². The Morgan fingerprint density at radius 3 is 2.74 bits per heavy atom. The zero-order chi connectivity index (χ0) is 21.6. The van der Waals surface area contributed by atoms with Crippen LogP contribution in [0.15, 0.2) is 61.1 Å². The summed E-state index contributed by atoms with van der Waals surface area (Å²) < 4.78 is 6.18. The van der Waals surface area contributed by atoms with E-state index < -0.39 is 0 Å². The number of rotatable bonds is 9. The van der Waals surface area contributed by atoms with E-state index in [1.54, 1.807) is 12.5 Å². The number of H-pyrrole nitrogens is 1. The number of pyridine rings is 1. The quantitative estimate of drug-likeness (QED) is 0.386. The maximum atomic E-state index is 9.82. The molecule has 0 amide bonds. The molecule has 1 atom stereocenters. The number of hydrogen-bond donors (Lipinski definition) is 3. The van der Waals surface area contributed by atoms with Gasteiger partial charge < -0.3 is 20.1 Å². The lowest BCUT2D eigenvalue weighted by atomic mass is 10.1. The summed E-state index contributed by atoms with van der Waals surface area (Å²) >= 11 is 0. The number of aromatic amines is 1. The molecule has 4 aromatic rings. The van der Waals surface area contributed by atoms with Gasteiger partial charge in [0.05, 0.1) is 18.5 Å². The van der Waals surface area contributed by atoms with E-state index in [2.05, 4.69) is 59.5 Å². The monoisotopic (exact) mass is 416 g/mol. The molecule has 2 heterocycles. The molecule has 0 saturated heterocycles. The Morgan fingerprint density at radius 2 is 1.97 bits per heavy atom. The maximum Gasteiger partial charge on any atom is 0.218 e. The molecule has 0 aliphatic carbocycles. The van der Waals surface area contributed by atoms with E-state index in [-0.39, 0.29) is 12.6 Å². The van der Waals surface area contributed by atoms with Gasteiger partial charge in [0, 0.05) is 41.8 Å². The van der Waals surface area contributed by atoms with Crippen LogP contribution in [-0.2, 0) is 19.6 Å². The lowest BCUT2D eigenvalue weighted by Crippen LogP contribution is -2.34. The molecule has 6 heteroatoms. The number of aromatic nitrogens is 3. The number of aryl methyl sites for hydroxylation is 2. The van der Waals surface area contributed by atoms with Crippen molar-refractivity contribution in [2.75, 3.05) is 6.61 Å². The molecule has 160 valence electrons. The topological polar surface area (TPSA) is 83.1 Å². The Kier molecular flexibility index (Phi) is 6.60. The number of ether oxygens (including phenoxy) is 1. The molecular weight excluding hydrogens is 388 g/mol. The summed E-state index contributed by atoms with van der Waals surface area (Å²) in [6, 6.07) is 16.4. The van der Waals surface area contributed by atoms with Crippen molar-refractivity contribution in [1.82, 2.24) is 20.3 Å². The van der Waals surface area contributed by atoms with Crippen LogP contribution < -0.4 is 10.1 Å². The lowest BCUT2D eigenvalue weighted by Gasteiger charge is -2.18. The average Bonchev–Trinajstić information content (AvgIpc) is 3.29. The lowest BCUT2D eigenvalue weighted by molar-refractivity contribution is 0.238. The number of aliphatic hydroxyl groups is 1. The summed E-state index contributed by atoms with van der Waals surface area (Å²) in [5, 5.41) is 14.3. The third kappa shape index (κ3) is 5.29. The average molecular weight is 417 g/mol. The van der Waals surface area contributed by atoms with E-state index in [4.69, 9.17) is 9.72 Å². The number of imidazole rings is 1. The minimum absolute atomic E-state index is 0.0263. The van der Waals surface area contributed by atoms with Gasteiger partial charge in [-0.2, -0.15) is 0 Å². The fourth-order valence-electron chi connectivity index (χ4n) is 3.61. The first-order valence-electron chi connectivity index (χ1n) is 10.5. The number of hydrogen-bond acceptors (Lipinski definition) is 5. The van der Waals surface area contributed by atoms with E-state index in [1.165, 1.54) is 11.1 Å². The van der Waals surface area contributed by atoms with Gasteiger partial charge in [0.2, 0.25) is 5.88 Å². The van der Waals surface area contributed by atoms with Crippen molar-refractivity contribution in [1.29, 1.82) is 0 Å². The fourth-order valence-corrected chi connectivity index (χ4v) is 3.61. The SMILES string of the molecule is Cc1ccc2nc(OCc3ccccc3C)c(CN[C@H](CO)Cc3cnc[nH]3)cc2c1. The highest BCUT2D eigenvalue weighted by molar-refractivity contribution is 5.80. The van der Waals surface area contributed by atoms with E-state index in [1.807, 2.05) is 18.2 Å². The molecule has 0 aliphatic rings. The minimum Gasteiger partial charge on any atom is -0.473 e. The molecule has 31 heavy (non-hydrogen) atoms. The zero-order valence-electron chi connectivity index (χ0n) is 17.9. The van der Waals surface area contributed by atoms with E-state index in [9.17, 15) is 5.11 Å². The Morgan fingerprint density at radius 1 is 1.10 bits per heavy atom. The van der Waals surface area contributed by atoms with E-state index in [0.717, 1.165) is 27.7 Å². The van der Waals surface area contributed by atoms with Crippen LogP contribution in [0.25, 0.3) is 10.9 Å². The van der Waals surface area contributed by atoms with Crippen molar-refractivity contribution in [2.45, 2.75) is 39.5 Å². The normalized spacial score (nSPS) is 12.2. The predicted molar refractivity (Wildman–Crippen MR) is 122 cm³/mol. The summed E-state index contributed by atoms with van der Waals surface area (Å²) in [5.41, 5.74) is 6.38. The summed E-state index contributed by atoms with van der Waals surface area (Å²) in [4.78, 5) is 11.9. The molecular formula is C25H28N4O2. The largest absolute Gasteiger partial charge is 0.473 e. The summed E-state index contributed by atoms with van der Waals surface area (Å²) in [5.74, 6) is 0.616. The van der Waals surface area contributed by atoms with Crippen LogP contribution in [0.3, 0.4) is 0 Å². The third-order valence-electron chi connectivity index (χ3n) is 5.46. The van der Waals surface area contributed by atoms with E-state index >= 15 is 0 Å². The molecule has 6 nitrogen and oxygen atoms in total. The molecule has 0 fully saturated rings. The maximum absolute atomic E-state index is 9.82. The second-order valence-electron chi connectivity index (χ2n) is 7.91. The van der Waals surface area contributed by atoms with Crippen molar-refractivity contribution >= 4 is 10.9 Å². The van der Waals surface area contributed by atoms with Gasteiger partial charge in [0.1, 0.15) is 6.61 Å². The van der Waals surface area contributed by atoms with Crippen LogP contribution in [0.4, 0.5) is 0 Å². The van der Waals surface area contributed by atoms with Crippen LogP contribution in [0.1, 0.15) is 27.9 Å². The smallest absolute Gasteiger partial charge is 0.218 e. The van der Waals surface area contributed by atoms with Gasteiger partial charge in [-0.25, -0.2) is 9.97 Å². The Hall–Kier alpha value is -3.22. The molecule has 4 rings (SSSR count). The second kappa shape index (κ2) is 9.73. The van der Waals surface area contributed by atoms with Gasteiger partial charge in [-0.15, -0.1) is 0 Å². The Labute approximate surface area is 182 Å². The molecule has 0 bridgehead atoms. The zero-order valence-corrected chi connectivity index (χ0v) is 17.9. The molecule has 0 saturated carbocycles. The molecule has 0 aliphatic heterocycles. The fraction of sp³-hybridized carbons (Fsp3) is 0.280. The third-order valence-corrected chi connectivity index (χ3v) is 5.46. The highest BCUT2D eigenvalue weighted by atomic mass is 16.5. The highest BCUT2D eigenvalue weighted by Gasteiger charge is 2.14. The van der Waals surface area contributed by atoms with Gasteiger partial charge in [0.25, 0.3) is 0 Å². The van der Waals surface area contributed by atoms with Gasteiger partial charge in [-0.3, -0.25) is 0 Å². The number of nitrogens with zero attached hydrogens (tertiary/aromatic N) is 2. The van der Waals surface area contributed by atoms with Crippen molar-refractivity contribution < 1.29 is 9.84 Å². The first-order chi connectivity index (χ1) is 15.1. The minimum atomic E-state index is -0.0992. The van der Waals surface area contributed by atoms with Gasteiger partial charge >= 0.3 is 0 Å². The number of benzene rings is 2. The van der Waals surface area contributed by atoms with Crippen molar-refractivity contribution in [3.63, 3.8) is 0 Å². The summed E-state index contributed by atoms with van der Waals surface area (Å²) in [6.45, 7) is 5.19. The van der Waals surface area contributed by atoms with Gasteiger partial charge in [-0.05, 0) is 43.2 Å². The van der Waals surface area contributed by atoms with Crippen molar-refractivity contribution in [3.05, 3.63) is 89.0 Å². The van der Waals surface area contributed by atoms with Crippen LogP contribution in [0.5, 0.6) is 5.88 Å². The molecule has 2 aromatic heterocycles. The predicted octanol–water partition coefficient (Wildman–Crippen LogP) is 3.85. The molecule has 0 spiro atoms. The van der Waals surface area contributed by atoms with Crippen LogP contribution in [-0.4, -0.2) is 32.7 Å². The molecule has 3 N–H and O–H groups in total. The Balaban J connectivity index is 1.56. The Bertz CT molecular complexity index is 1140. The van der Waals surface area contributed by atoms with Crippen molar-refractivity contribution in [3.8, 4) is 5.88 Å². The molecule has 0 radical (unpaired) electrons.